The van der Waals surface area contributed by atoms with Gasteiger partial charge in [-0.3, -0.25) is 4.55 Å². The highest BCUT2D eigenvalue weighted by atomic mass is 32.2. The highest BCUT2D eigenvalue weighted by Crippen LogP contribution is 2.47. The third kappa shape index (κ3) is 2.74. The zero-order valence-corrected chi connectivity index (χ0v) is 12.4. The molecule has 0 saturated heterocycles. The molecule has 0 amide bonds. The molecule has 0 saturated carbocycles. The molecule has 3 nitrogen and oxygen atoms in total. The van der Waals surface area contributed by atoms with Crippen molar-refractivity contribution in [3.05, 3.63) is 41.0 Å². The summed E-state index contributed by atoms with van der Waals surface area (Å²) in [6.07, 6.45) is 1.14. The van der Waals surface area contributed by atoms with Gasteiger partial charge in [0.25, 0.3) is 10.1 Å². The highest BCUT2D eigenvalue weighted by Gasteiger charge is 2.34. The standard InChI is InChI=1S/C15H20O3S/c1-11-12(8-6-10-19(16,17)18)13-7-4-5-9-14(13)15(11,2)3/h4-5,7,9H,6,8,10H2,1-3H3,(H,16,17,18). The quantitative estimate of drug-likeness (QED) is 0.860. The Balaban J connectivity index is 2.27. The Bertz CT molecular complexity index is 625. The summed E-state index contributed by atoms with van der Waals surface area (Å²) in [5, 5.41) is 0. The first kappa shape index (κ1) is 14.3. The normalized spacial score (nSPS) is 17.7. The molecule has 19 heavy (non-hydrogen) atoms. The summed E-state index contributed by atoms with van der Waals surface area (Å²) < 4.78 is 30.4. The minimum atomic E-state index is -3.86. The summed E-state index contributed by atoms with van der Waals surface area (Å²) in [6, 6.07) is 8.27. The molecule has 0 heterocycles. The summed E-state index contributed by atoms with van der Waals surface area (Å²) in [5.74, 6) is -0.174. The SMILES string of the molecule is CC1=C(CCCS(=O)(=O)O)c2ccccc2C1(C)C. The van der Waals surface area contributed by atoms with E-state index in [0.29, 0.717) is 12.8 Å². The Labute approximate surface area is 115 Å². The predicted molar refractivity (Wildman–Crippen MR) is 77.7 cm³/mol. The maximum absolute atomic E-state index is 10.8. The number of benzene rings is 1. The van der Waals surface area contributed by atoms with Crippen LogP contribution in [0.2, 0.25) is 0 Å². The second kappa shape index (κ2) is 4.76. The Kier molecular flexibility index (Phi) is 3.58. The largest absolute Gasteiger partial charge is 0.286 e. The Hall–Kier alpha value is -1.13. The first-order valence-electron chi connectivity index (χ1n) is 6.49. The fourth-order valence-corrected chi connectivity index (χ4v) is 3.34. The van der Waals surface area contributed by atoms with Crippen LogP contribution in [0.4, 0.5) is 0 Å². The molecule has 1 N–H and O–H groups in total. The molecule has 0 spiro atoms. The van der Waals surface area contributed by atoms with Crippen molar-refractivity contribution in [2.75, 3.05) is 5.75 Å². The summed E-state index contributed by atoms with van der Waals surface area (Å²) in [6.45, 7) is 6.50. The Morgan fingerprint density at radius 2 is 1.84 bits per heavy atom. The molecule has 0 unspecified atom stereocenters. The van der Waals surface area contributed by atoms with Crippen molar-refractivity contribution in [2.45, 2.75) is 39.0 Å². The van der Waals surface area contributed by atoms with Crippen molar-refractivity contribution in [1.82, 2.24) is 0 Å². The maximum Gasteiger partial charge on any atom is 0.264 e. The molecule has 2 rings (SSSR count). The molecule has 4 heteroatoms. The monoisotopic (exact) mass is 280 g/mol. The van der Waals surface area contributed by atoms with E-state index in [4.69, 9.17) is 4.55 Å². The molecule has 0 aliphatic heterocycles. The summed E-state index contributed by atoms with van der Waals surface area (Å²) in [4.78, 5) is 0. The molecule has 0 aromatic heterocycles. The van der Waals surface area contributed by atoms with Gasteiger partial charge in [-0.1, -0.05) is 43.7 Å². The number of hydrogen-bond donors (Lipinski definition) is 1. The molecular formula is C15H20O3S. The third-order valence-corrected chi connectivity index (χ3v) is 4.95. The van der Waals surface area contributed by atoms with E-state index in [1.165, 1.54) is 22.3 Å². The first-order valence-corrected chi connectivity index (χ1v) is 8.09. The van der Waals surface area contributed by atoms with E-state index >= 15 is 0 Å². The van der Waals surface area contributed by atoms with Crippen LogP contribution in [-0.4, -0.2) is 18.7 Å². The van der Waals surface area contributed by atoms with Gasteiger partial charge in [0.05, 0.1) is 5.75 Å². The van der Waals surface area contributed by atoms with E-state index < -0.39 is 10.1 Å². The summed E-state index contributed by atoms with van der Waals surface area (Å²) in [7, 11) is -3.86. The molecule has 1 aliphatic rings. The molecule has 0 fully saturated rings. The molecular weight excluding hydrogens is 260 g/mol. The molecule has 0 radical (unpaired) electrons. The number of rotatable bonds is 4. The van der Waals surface area contributed by atoms with Gasteiger partial charge in [-0.05, 0) is 36.5 Å². The van der Waals surface area contributed by atoms with Crippen molar-refractivity contribution in [2.24, 2.45) is 0 Å². The van der Waals surface area contributed by atoms with Gasteiger partial charge in [0.2, 0.25) is 0 Å². The van der Waals surface area contributed by atoms with E-state index in [-0.39, 0.29) is 11.2 Å². The van der Waals surface area contributed by atoms with Crippen LogP contribution >= 0.6 is 0 Å². The average molecular weight is 280 g/mol. The molecule has 1 aliphatic carbocycles. The van der Waals surface area contributed by atoms with Gasteiger partial charge in [0.1, 0.15) is 0 Å². The Morgan fingerprint density at radius 3 is 2.47 bits per heavy atom. The molecule has 0 atom stereocenters. The molecule has 1 aromatic rings. The molecule has 0 bridgehead atoms. The van der Waals surface area contributed by atoms with Crippen LogP contribution in [-0.2, 0) is 15.5 Å². The minimum absolute atomic E-state index is 0.00398. The highest BCUT2D eigenvalue weighted by molar-refractivity contribution is 7.85. The van der Waals surface area contributed by atoms with Crippen LogP contribution in [0.15, 0.2) is 29.8 Å². The lowest BCUT2D eigenvalue weighted by atomic mass is 9.82. The van der Waals surface area contributed by atoms with Gasteiger partial charge < -0.3 is 0 Å². The number of hydrogen-bond acceptors (Lipinski definition) is 2. The fraction of sp³-hybridized carbons (Fsp3) is 0.467. The fourth-order valence-electron chi connectivity index (χ4n) is 2.83. The number of allylic oxidation sites excluding steroid dienone is 2. The van der Waals surface area contributed by atoms with Crippen molar-refractivity contribution in [3.8, 4) is 0 Å². The average Bonchev–Trinajstić information content (AvgIpc) is 2.50. The lowest BCUT2D eigenvalue weighted by Crippen LogP contribution is -2.15. The summed E-state index contributed by atoms with van der Waals surface area (Å²) in [5.41, 5.74) is 5.05. The van der Waals surface area contributed by atoms with Gasteiger partial charge >= 0.3 is 0 Å². The van der Waals surface area contributed by atoms with E-state index in [1.807, 2.05) is 12.1 Å². The summed E-state index contributed by atoms with van der Waals surface area (Å²) >= 11 is 0. The van der Waals surface area contributed by atoms with E-state index in [9.17, 15) is 8.42 Å². The number of fused-ring (bicyclic) bond motifs is 1. The van der Waals surface area contributed by atoms with Crippen molar-refractivity contribution in [1.29, 1.82) is 0 Å². The second-order valence-electron chi connectivity index (χ2n) is 5.66. The van der Waals surface area contributed by atoms with Gasteiger partial charge in [-0.2, -0.15) is 8.42 Å². The van der Waals surface area contributed by atoms with Gasteiger partial charge in [0, 0.05) is 5.41 Å². The minimum Gasteiger partial charge on any atom is -0.286 e. The van der Waals surface area contributed by atoms with E-state index in [1.54, 1.807) is 0 Å². The van der Waals surface area contributed by atoms with Crippen LogP contribution in [0.3, 0.4) is 0 Å². The lowest BCUT2D eigenvalue weighted by molar-refractivity contribution is 0.481. The van der Waals surface area contributed by atoms with Crippen LogP contribution in [0.1, 0.15) is 44.7 Å². The maximum atomic E-state index is 10.8. The van der Waals surface area contributed by atoms with Gasteiger partial charge in [-0.15, -0.1) is 0 Å². The van der Waals surface area contributed by atoms with Crippen molar-refractivity contribution in [3.63, 3.8) is 0 Å². The van der Waals surface area contributed by atoms with E-state index in [2.05, 4.69) is 32.9 Å². The Morgan fingerprint density at radius 1 is 1.21 bits per heavy atom. The van der Waals surface area contributed by atoms with Gasteiger partial charge in [-0.25, -0.2) is 0 Å². The van der Waals surface area contributed by atoms with Gasteiger partial charge in [0.15, 0.2) is 0 Å². The van der Waals surface area contributed by atoms with Crippen LogP contribution in [0, 0.1) is 0 Å². The lowest BCUT2D eigenvalue weighted by Gasteiger charge is -2.22. The first-order chi connectivity index (χ1) is 8.73. The third-order valence-electron chi connectivity index (χ3n) is 4.14. The molecule has 1 aromatic carbocycles. The second-order valence-corrected chi connectivity index (χ2v) is 7.24. The topological polar surface area (TPSA) is 54.4 Å². The van der Waals surface area contributed by atoms with Crippen LogP contribution in [0.25, 0.3) is 5.57 Å². The van der Waals surface area contributed by atoms with Crippen LogP contribution < -0.4 is 0 Å². The smallest absolute Gasteiger partial charge is 0.264 e. The zero-order valence-electron chi connectivity index (χ0n) is 11.6. The van der Waals surface area contributed by atoms with E-state index in [0.717, 1.165) is 0 Å². The molecule has 104 valence electrons. The van der Waals surface area contributed by atoms with Crippen LogP contribution in [0.5, 0.6) is 0 Å². The predicted octanol–water partition coefficient (Wildman–Crippen LogP) is 3.42. The van der Waals surface area contributed by atoms with Crippen molar-refractivity contribution < 1.29 is 13.0 Å². The van der Waals surface area contributed by atoms with Crippen molar-refractivity contribution >= 4 is 15.7 Å². The zero-order chi connectivity index (χ0) is 14.3.